The first kappa shape index (κ1) is 12.3. The van der Waals surface area contributed by atoms with E-state index in [0.29, 0.717) is 10.9 Å². The van der Waals surface area contributed by atoms with Crippen LogP contribution in [0.5, 0.6) is 0 Å². The summed E-state index contributed by atoms with van der Waals surface area (Å²) in [7, 11) is 0. The van der Waals surface area contributed by atoms with Gasteiger partial charge in [-0.05, 0) is 18.4 Å². The number of nitrogen functional groups attached to an aromatic ring is 1. The Bertz CT molecular complexity index is 805. The molecular formula is C15H13FN4. The third kappa shape index (κ3) is 2.14. The van der Waals surface area contributed by atoms with Gasteiger partial charge in [0.15, 0.2) is 0 Å². The smallest absolute Gasteiger partial charge is 0.221 e. The van der Waals surface area contributed by atoms with Crippen molar-refractivity contribution >= 4 is 22.9 Å². The number of nitrogens with zero attached hydrogens (tertiary/aromatic N) is 3. The van der Waals surface area contributed by atoms with Crippen molar-refractivity contribution in [3.8, 4) is 0 Å². The molecule has 0 saturated carbocycles. The fraction of sp³-hybridized carbons (Fsp3) is 0.0667. The minimum atomic E-state index is -0.290. The van der Waals surface area contributed by atoms with Gasteiger partial charge in [0.1, 0.15) is 5.82 Å². The largest absolute Gasteiger partial charge is 0.368 e. The molecule has 2 N–H and O–H groups in total. The number of nitrogens with two attached hydrogens (primary N) is 1. The number of imidazole rings is 1. The van der Waals surface area contributed by atoms with Crippen molar-refractivity contribution in [1.82, 2.24) is 9.66 Å². The molecule has 0 atom stereocenters. The normalized spacial score (nSPS) is 11.5. The van der Waals surface area contributed by atoms with E-state index in [4.69, 9.17) is 5.73 Å². The van der Waals surface area contributed by atoms with Crippen LogP contribution in [0.2, 0.25) is 0 Å². The Morgan fingerprint density at radius 1 is 1.25 bits per heavy atom. The Kier molecular flexibility index (Phi) is 2.95. The maximum atomic E-state index is 14.3. The molecule has 100 valence electrons. The van der Waals surface area contributed by atoms with Gasteiger partial charge in [0.2, 0.25) is 5.95 Å². The second-order valence-corrected chi connectivity index (χ2v) is 4.52. The molecule has 0 aliphatic rings. The van der Waals surface area contributed by atoms with E-state index in [0.717, 1.165) is 11.1 Å². The highest BCUT2D eigenvalue weighted by Crippen LogP contribution is 2.20. The van der Waals surface area contributed by atoms with E-state index in [2.05, 4.69) is 10.1 Å². The van der Waals surface area contributed by atoms with Gasteiger partial charge in [0.05, 0.1) is 18.1 Å². The molecule has 3 aromatic rings. The summed E-state index contributed by atoms with van der Waals surface area (Å²) in [4.78, 5) is 4.03. The summed E-state index contributed by atoms with van der Waals surface area (Å²) in [5, 5.41) is 5.57. The monoisotopic (exact) mass is 268 g/mol. The number of fused-ring (bicyclic) bond motifs is 1. The van der Waals surface area contributed by atoms with Crippen molar-refractivity contribution < 1.29 is 4.39 Å². The summed E-state index contributed by atoms with van der Waals surface area (Å²) in [6, 6.07) is 10.9. The molecule has 5 heteroatoms. The van der Waals surface area contributed by atoms with Crippen LogP contribution in [0.3, 0.4) is 0 Å². The van der Waals surface area contributed by atoms with Crippen LogP contribution >= 0.6 is 0 Å². The molecular weight excluding hydrogens is 255 g/mol. The standard InChI is InChI=1S/C15H13FN4/c1-10-9-20(15(17)19-10)18-8-12-7-6-11-4-2-3-5-13(11)14(12)16/h2-9H,1H3,(H2,17,19). The van der Waals surface area contributed by atoms with E-state index >= 15 is 0 Å². The van der Waals surface area contributed by atoms with Gasteiger partial charge in [-0.2, -0.15) is 5.10 Å². The summed E-state index contributed by atoms with van der Waals surface area (Å²) in [6.07, 6.45) is 3.13. The summed E-state index contributed by atoms with van der Waals surface area (Å²) in [5.74, 6) is -0.0118. The predicted molar refractivity (Wildman–Crippen MR) is 78.3 cm³/mol. The van der Waals surface area contributed by atoms with Gasteiger partial charge >= 0.3 is 0 Å². The average molecular weight is 268 g/mol. The number of halogens is 1. The molecule has 0 amide bonds. The van der Waals surface area contributed by atoms with E-state index in [1.165, 1.54) is 10.9 Å². The van der Waals surface area contributed by atoms with Crippen LogP contribution in [0, 0.1) is 12.7 Å². The third-order valence-electron chi connectivity index (χ3n) is 3.05. The summed E-state index contributed by atoms with van der Waals surface area (Å²) in [6.45, 7) is 1.82. The Hall–Kier alpha value is -2.69. The highest BCUT2D eigenvalue weighted by atomic mass is 19.1. The van der Waals surface area contributed by atoms with Crippen molar-refractivity contribution in [2.45, 2.75) is 6.92 Å². The first-order chi connectivity index (χ1) is 9.65. The lowest BCUT2D eigenvalue weighted by atomic mass is 10.1. The lowest BCUT2D eigenvalue weighted by molar-refractivity contribution is 0.637. The maximum Gasteiger partial charge on any atom is 0.221 e. The van der Waals surface area contributed by atoms with Crippen LogP contribution in [0.4, 0.5) is 10.3 Å². The van der Waals surface area contributed by atoms with Gasteiger partial charge in [-0.15, -0.1) is 0 Å². The van der Waals surface area contributed by atoms with Gasteiger partial charge in [0.25, 0.3) is 0 Å². The Morgan fingerprint density at radius 2 is 2.05 bits per heavy atom. The van der Waals surface area contributed by atoms with Crippen molar-refractivity contribution in [1.29, 1.82) is 0 Å². The molecule has 4 nitrogen and oxygen atoms in total. The SMILES string of the molecule is Cc1cn(N=Cc2ccc3ccccc3c2F)c(N)n1. The molecule has 0 radical (unpaired) electrons. The minimum absolute atomic E-state index is 0.278. The van der Waals surface area contributed by atoms with Gasteiger partial charge in [-0.1, -0.05) is 30.3 Å². The van der Waals surface area contributed by atoms with E-state index in [1.54, 1.807) is 18.3 Å². The first-order valence-corrected chi connectivity index (χ1v) is 6.18. The van der Waals surface area contributed by atoms with Gasteiger partial charge < -0.3 is 5.73 Å². The lowest BCUT2D eigenvalue weighted by Gasteiger charge is -2.02. The summed E-state index contributed by atoms with van der Waals surface area (Å²) in [5.41, 5.74) is 6.85. The van der Waals surface area contributed by atoms with Crippen molar-refractivity contribution in [3.63, 3.8) is 0 Å². The van der Waals surface area contributed by atoms with E-state index < -0.39 is 0 Å². The molecule has 1 heterocycles. The number of benzene rings is 2. The maximum absolute atomic E-state index is 14.3. The number of aryl methyl sites for hydroxylation is 1. The zero-order valence-electron chi connectivity index (χ0n) is 10.9. The van der Waals surface area contributed by atoms with Crippen LogP contribution < -0.4 is 5.73 Å². The molecule has 0 unspecified atom stereocenters. The lowest BCUT2D eigenvalue weighted by Crippen LogP contribution is -1.98. The number of hydrogen-bond acceptors (Lipinski definition) is 3. The minimum Gasteiger partial charge on any atom is -0.368 e. The van der Waals surface area contributed by atoms with Gasteiger partial charge in [-0.25, -0.2) is 14.1 Å². The predicted octanol–water partition coefficient (Wildman–Crippen LogP) is 2.95. The molecule has 0 bridgehead atoms. The zero-order chi connectivity index (χ0) is 14.1. The highest BCUT2D eigenvalue weighted by Gasteiger charge is 2.05. The number of rotatable bonds is 2. The quantitative estimate of drug-likeness (QED) is 0.726. The second kappa shape index (κ2) is 4.77. The number of aromatic nitrogens is 2. The van der Waals surface area contributed by atoms with Crippen LogP contribution in [-0.4, -0.2) is 15.9 Å². The second-order valence-electron chi connectivity index (χ2n) is 4.52. The van der Waals surface area contributed by atoms with E-state index in [9.17, 15) is 4.39 Å². The van der Waals surface area contributed by atoms with Crippen molar-refractivity contribution in [3.05, 3.63) is 59.7 Å². The van der Waals surface area contributed by atoms with Crippen molar-refractivity contribution in [2.75, 3.05) is 5.73 Å². The summed E-state index contributed by atoms with van der Waals surface area (Å²) < 4.78 is 15.8. The van der Waals surface area contributed by atoms with Gasteiger partial charge in [-0.3, -0.25) is 0 Å². The van der Waals surface area contributed by atoms with E-state index in [-0.39, 0.29) is 11.8 Å². The third-order valence-corrected chi connectivity index (χ3v) is 3.05. The fourth-order valence-corrected chi connectivity index (χ4v) is 2.07. The topological polar surface area (TPSA) is 56.2 Å². The molecule has 0 spiro atoms. The molecule has 1 aromatic heterocycles. The average Bonchev–Trinajstić information content (AvgIpc) is 2.77. The van der Waals surface area contributed by atoms with Crippen molar-refractivity contribution in [2.24, 2.45) is 5.10 Å². The Balaban J connectivity index is 2.03. The Labute approximate surface area is 115 Å². The molecule has 20 heavy (non-hydrogen) atoms. The highest BCUT2D eigenvalue weighted by molar-refractivity contribution is 5.91. The molecule has 0 saturated heterocycles. The van der Waals surface area contributed by atoms with Crippen LogP contribution in [0.15, 0.2) is 47.7 Å². The molecule has 2 aromatic carbocycles. The number of anilines is 1. The van der Waals surface area contributed by atoms with Crippen LogP contribution in [0.1, 0.15) is 11.3 Å². The van der Waals surface area contributed by atoms with Crippen LogP contribution in [0.25, 0.3) is 10.8 Å². The molecule has 3 rings (SSSR count). The number of hydrogen-bond donors (Lipinski definition) is 1. The fourth-order valence-electron chi connectivity index (χ4n) is 2.07. The van der Waals surface area contributed by atoms with Crippen LogP contribution in [-0.2, 0) is 0 Å². The van der Waals surface area contributed by atoms with E-state index in [1.807, 2.05) is 31.2 Å². The molecule has 0 fully saturated rings. The summed E-state index contributed by atoms with van der Waals surface area (Å²) >= 11 is 0. The van der Waals surface area contributed by atoms with Gasteiger partial charge in [0, 0.05) is 10.9 Å². The Morgan fingerprint density at radius 3 is 2.80 bits per heavy atom. The molecule has 0 aliphatic heterocycles. The first-order valence-electron chi connectivity index (χ1n) is 6.18. The zero-order valence-corrected chi connectivity index (χ0v) is 10.9. The molecule has 0 aliphatic carbocycles.